The third-order valence-corrected chi connectivity index (χ3v) is 12.4. The Morgan fingerprint density at radius 2 is 1.06 bits per heavy atom. The fraction of sp³-hybridized carbons (Fsp3) is 0.574. The van der Waals surface area contributed by atoms with Crippen LogP contribution in [0.4, 0.5) is 0 Å². The number of aliphatic carboxylic acids is 2. The summed E-state index contributed by atoms with van der Waals surface area (Å²) in [5.74, 6) is -1.43. The van der Waals surface area contributed by atoms with Crippen LogP contribution in [0.3, 0.4) is 0 Å². The molecule has 0 saturated carbocycles. The lowest BCUT2D eigenvalue weighted by molar-refractivity contribution is -0.145. The van der Waals surface area contributed by atoms with E-state index in [4.69, 9.17) is 43.2 Å². The molecule has 62 heavy (non-hydrogen) atoms. The second-order valence-electron chi connectivity index (χ2n) is 17.6. The van der Waals surface area contributed by atoms with E-state index < -0.39 is 37.3 Å². The number of rotatable bonds is 22. The lowest BCUT2D eigenvalue weighted by Gasteiger charge is -2.39. The van der Waals surface area contributed by atoms with Crippen LogP contribution in [0, 0.1) is 5.92 Å². The first-order valence-electron chi connectivity index (χ1n) is 22.6. The smallest absolute Gasteiger partial charge is 0.451 e. The zero-order valence-electron chi connectivity index (χ0n) is 37.5. The maximum absolute atomic E-state index is 12.0. The summed E-state index contributed by atoms with van der Waals surface area (Å²) in [6, 6.07) is 25.2. The number of fused-ring (bicyclic) bond motifs is 2. The summed E-state index contributed by atoms with van der Waals surface area (Å²) in [7, 11) is -2.71. The van der Waals surface area contributed by atoms with E-state index in [2.05, 4.69) is 66.1 Å². The summed E-state index contributed by atoms with van der Waals surface area (Å²) in [6.07, 6.45) is 7.33. The van der Waals surface area contributed by atoms with Crippen LogP contribution in [0.25, 0.3) is 0 Å². The SMILES string of the molecule is CC.CC(C)CN1Cc2ccccc2CC1CCC(N)(CCCCB(O)O)C(=O)O.NC(CCCCB(O)O)(CCC1Cc2ccccc2CN1Cc1ccc(Cl)cc1)C(=O)O. The maximum Gasteiger partial charge on any atom is 0.451 e. The lowest BCUT2D eigenvalue weighted by Crippen LogP contribution is -2.50. The molecule has 2 heterocycles. The summed E-state index contributed by atoms with van der Waals surface area (Å²) in [5, 5.41) is 56.1. The summed E-state index contributed by atoms with van der Waals surface area (Å²) in [5.41, 5.74) is 16.5. The summed E-state index contributed by atoms with van der Waals surface area (Å²) >= 11 is 6.04. The summed E-state index contributed by atoms with van der Waals surface area (Å²) in [6.45, 7) is 11.9. The number of benzene rings is 3. The van der Waals surface area contributed by atoms with Crippen molar-refractivity contribution in [3.63, 3.8) is 0 Å². The molecule has 0 spiro atoms. The van der Waals surface area contributed by atoms with Gasteiger partial charge in [-0.15, -0.1) is 0 Å². The van der Waals surface area contributed by atoms with Gasteiger partial charge in [0.1, 0.15) is 11.1 Å². The Bertz CT molecular complexity index is 1790. The Kier molecular flexibility index (Phi) is 22.7. The number of hydrogen-bond donors (Lipinski definition) is 8. The predicted molar refractivity (Wildman–Crippen MR) is 250 cm³/mol. The number of carboxylic acids is 2. The third kappa shape index (κ3) is 17.3. The quantitative estimate of drug-likeness (QED) is 0.0388. The number of nitrogens with two attached hydrogens (primary N) is 2. The minimum absolute atomic E-state index is 0.183. The molecule has 0 amide bonds. The van der Waals surface area contributed by atoms with Crippen molar-refractivity contribution in [1.29, 1.82) is 0 Å². The van der Waals surface area contributed by atoms with E-state index in [1.165, 1.54) is 27.8 Å². The molecule has 12 nitrogen and oxygen atoms in total. The van der Waals surface area contributed by atoms with Gasteiger partial charge in [-0.1, -0.05) is 126 Å². The van der Waals surface area contributed by atoms with Gasteiger partial charge in [-0.3, -0.25) is 19.4 Å². The molecule has 0 saturated heterocycles. The van der Waals surface area contributed by atoms with Crippen molar-refractivity contribution in [1.82, 2.24) is 9.80 Å². The van der Waals surface area contributed by atoms with Gasteiger partial charge in [0.25, 0.3) is 0 Å². The molecule has 0 fully saturated rings. The van der Waals surface area contributed by atoms with Gasteiger partial charge < -0.3 is 41.8 Å². The van der Waals surface area contributed by atoms with Crippen LogP contribution in [0.1, 0.15) is 120 Å². The average Bonchev–Trinajstić information content (AvgIpc) is 3.23. The number of nitrogens with zero attached hydrogens (tertiary/aromatic N) is 2. The Balaban J connectivity index is 0.000000320. The van der Waals surface area contributed by atoms with Gasteiger partial charge in [0.2, 0.25) is 0 Å². The molecular formula is C47H73B2ClN4O8. The lowest BCUT2D eigenvalue weighted by atomic mass is 9.80. The van der Waals surface area contributed by atoms with Gasteiger partial charge in [0, 0.05) is 43.3 Å². The van der Waals surface area contributed by atoms with Gasteiger partial charge in [-0.05, 0) is 110 Å². The molecule has 0 aromatic heterocycles. The highest BCUT2D eigenvalue weighted by Gasteiger charge is 2.37. The van der Waals surface area contributed by atoms with Gasteiger partial charge in [0.15, 0.2) is 0 Å². The second-order valence-corrected chi connectivity index (χ2v) is 18.0. The highest BCUT2D eigenvalue weighted by atomic mass is 35.5. The van der Waals surface area contributed by atoms with Gasteiger partial charge in [-0.25, -0.2) is 0 Å². The number of carboxylic acid groups (broad SMARTS) is 2. The normalized spacial score (nSPS) is 18.1. The second kappa shape index (κ2) is 26.5. The van der Waals surface area contributed by atoms with Crippen LogP contribution in [0.15, 0.2) is 72.8 Å². The molecule has 4 atom stereocenters. The first-order chi connectivity index (χ1) is 29.5. The first kappa shape index (κ1) is 53.0. The third-order valence-electron chi connectivity index (χ3n) is 12.2. The molecule has 15 heteroatoms. The largest absolute Gasteiger partial charge is 0.480 e. The topological polar surface area (TPSA) is 214 Å². The predicted octanol–water partition coefficient (Wildman–Crippen LogP) is 6.77. The van der Waals surface area contributed by atoms with E-state index in [0.29, 0.717) is 74.8 Å². The van der Waals surface area contributed by atoms with E-state index in [0.717, 1.165) is 45.4 Å². The summed E-state index contributed by atoms with van der Waals surface area (Å²) < 4.78 is 0. The van der Waals surface area contributed by atoms with Crippen molar-refractivity contribution in [2.75, 3.05) is 6.54 Å². The van der Waals surface area contributed by atoms with E-state index in [9.17, 15) is 19.8 Å². The van der Waals surface area contributed by atoms with Crippen molar-refractivity contribution >= 4 is 37.8 Å². The molecule has 3 aromatic rings. The van der Waals surface area contributed by atoms with E-state index in [1.54, 1.807) is 0 Å². The van der Waals surface area contributed by atoms with E-state index >= 15 is 0 Å². The summed E-state index contributed by atoms with van der Waals surface area (Å²) in [4.78, 5) is 28.7. The monoisotopic (exact) mass is 879 g/mol. The Morgan fingerprint density at radius 1 is 0.661 bits per heavy atom. The molecule has 2 aliphatic heterocycles. The van der Waals surface area contributed by atoms with Crippen molar-refractivity contribution in [2.24, 2.45) is 17.4 Å². The molecule has 0 bridgehead atoms. The van der Waals surface area contributed by atoms with Gasteiger partial charge >= 0.3 is 26.2 Å². The Hall–Kier alpha value is -3.30. The van der Waals surface area contributed by atoms with Crippen molar-refractivity contribution in [3.8, 4) is 0 Å². The molecule has 0 aliphatic carbocycles. The highest BCUT2D eigenvalue weighted by Crippen LogP contribution is 2.32. The molecule has 10 N–H and O–H groups in total. The Morgan fingerprint density at radius 3 is 1.47 bits per heavy atom. The molecule has 4 unspecified atom stereocenters. The number of carbonyl (C=O) groups is 2. The van der Waals surface area contributed by atoms with Crippen LogP contribution in [-0.2, 0) is 42.1 Å². The van der Waals surface area contributed by atoms with Gasteiger partial charge in [-0.2, -0.15) is 0 Å². The zero-order chi connectivity index (χ0) is 45.9. The van der Waals surface area contributed by atoms with Crippen molar-refractivity contribution in [3.05, 3.63) is 106 Å². The maximum atomic E-state index is 12.0. The number of hydrogen-bond acceptors (Lipinski definition) is 10. The van der Waals surface area contributed by atoms with E-state index in [-0.39, 0.29) is 18.7 Å². The molecule has 2 aliphatic rings. The number of unbranched alkanes of at least 4 members (excludes halogenated alkanes) is 2. The van der Waals surface area contributed by atoms with Crippen LogP contribution in [0.2, 0.25) is 17.7 Å². The fourth-order valence-electron chi connectivity index (χ4n) is 8.61. The van der Waals surface area contributed by atoms with Crippen LogP contribution in [-0.4, -0.2) is 96.0 Å². The fourth-order valence-corrected chi connectivity index (χ4v) is 8.73. The molecule has 3 aromatic carbocycles. The highest BCUT2D eigenvalue weighted by molar-refractivity contribution is 6.41. The zero-order valence-corrected chi connectivity index (χ0v) is 38.2. The Labute approximate surface area is 376 Å². The molecular weight excluding hydrogens is 806 g/mol. The first-order valence-corrected chi connectivity index (χ1v) is 23.0. The van der Waals surface area contributed by atoms with E-state index in [1.807, 2.05) is 44.2 Å². The average molecular weight is 879 g/mol. The van der Waals surface area contributed by atoms with Crippen molar-refractivity contribution in [2.45, 2.75) is 160 Å². The molecule has 5 rings (SSSR count). The molecule has 0 radical (unpaired) electrons. The van der Waals surface area contributed by atoms with Crippen molar-refractivity contribution < 1.29 is 39.9 Å². The minimum Gasteiger partial charge on any atom is -0.480 e. The number of halogens is 1. The standard InChI is InChI=1S/C24H32BClN2O4.C21H35BN2O4.C2H6/c26-21-9-7-18(8-10-21)16-28-17-20-6-2-1-5-19(20)15-22(28)11-13-24(27,23(29)30)12-3-4-14-25(31)32;1-16(2)14-24-15-18-8-4-3-7-17(18)13-19(24)9-11-21(23,20(25)26)10-5-6-12-22(27)28;1-2/h1-2,5-10,22,31-32H,3-4,11-17,27H2,(H,29,30);3-4,7-8,16,19,27-28H,5-6,9-15,23H2,1-2H3,(H,25,26);1-2H3. The minimum atomic E-state index is -1.37. The van der Waals surface area contributed by atoms with Crippen LogP contribution in [0.5, 0.6) is 0 Å². The van der Waals surface area contributed by atoms with Crippen LogP contribution < -0.4 is 11.5 Å². The molecule has 342 valence electrons. The van der Waals surface area contributed by atoms with Gasteiger partial charge in [0.05, 0.1) is 0 Å². The van der Waals surface area contributed by atoms with Crippen LogP contribution >= 0.6 is 11.6 Å².